The fourth-order valence-electron chi connectivity index (χ4n) is 0.554. The van der Waals surface area contributed by atoms with E-state index >= 15 is 0 Å². The predicted molar refractivity (Wildman–Crippen MR) is 33.3 cm³/mol. The zero-order valence-electron chi connectivity index (χ0n) is 5.14. The van der Waals surface area contributed by atoms with E-state index in [0.29, 0.717) is 0 Å². The molecule has 0 amide bonds. The topological polar surface area (TPSA) is 33.6 Å². The maximum absolute atomic E-state index is 11.9. The first-order chi connectivity index (χ1) is 4.63. The van der Waals surface area contributed by atoms with Crippen LogP contribution in [0.4, 0.5) is 8.78 Å². The van der Waals surface area contributed by atoms with Gasteiger partial charge in [-0.05, 0) is 12.2 Å². The molecular weight excluding hydrogens is 160 g/mol. The third kappa shape index (κ3) is 1.06. The van der Waals surface area contributed by atoms with Crippen LogP contribution in [0.5, 0.6) is 0 Å². The van der Waals surface area contributed by atoms with Crippen molar-refractivity contribution in [2.24, 2.45) is 7.05 Å². The Morgan fingerprint density at radius 1 is 1.70 bits per heavy atom. The number of nitrogens with one attached hydrogen (secondary N) is 1. The first-order valence-corrected chi connectivity index (χ1v) is 2.93. The second-order valence-electron chi connectivity index (χ2n) is 1.75. The quantitative estimate of drug-likeness (QED) is 0.638. The Hall–Kier alpha value is -0.780. The van der Waals surface area contributed by atoms with Crippen molar-refractivity contribution in [1.82, 2.24) is 14.8 Å². The largest absolute Gasteiger partial charge is 0.302 e. The van der Waals surface area contributed by atoms with Crippen LogP contribution >= 0.6 is 12.2 Å². The van der Waals surface area contributed by atoms with Gasteiger partial charge in [0.2, 0.25) is 0 Å². The number of rotatable bonds is 1. The molecule has 0 radical (unpaired) electrons. The summed E-state index contributed by atoms with van der Waals surface area (Å²) in [6.07, 6.45) is -2.57. The van der Waals surface area contributed by atoms with Crippen LogP contribution in [0.1, 0.15) is 12.2 Å². The van der Waals surface area contributed by atoms with E-state index in [1.807, 2.05) is 0 Å². The summed E-state index contributed by atoms with van der Waals surface area (Å²) >= 11 is 4.60. The van der Waals surface area contributed by atoms with Crippen LogP contribution in [0.15, 0.2) is 0 Å². The van der Waals surface area contributed by atoms with Gasteiger partial charge in [-0.25, -0.2) is 8.78 Å². The first-order valence-electron chi connectivity index (χ1n) is 2.52. The van der Waals surface area contributed by atoms with Gasteiger partial charge in [-0.1, -0.05) is 0 Å². The highest BCUT2D eigenvalue weighted by Gasteiger charge is 2.12. The van der Waals surface area contributed by atoms with E-state index < -0.39 is 6.43 Å². The van der Waals surface area contributed by atoms with Crippen molar-refractivity contribution < 1.29 is 8.78 Å². The molecule has 3 nitrogen and oxygen atoms in total. The van der Waals surface area contributed by atoms with E-state index in [0.717, 1.165) is 4.57 Å². The zero-order valence-corrected chi connectivity index (χ0v) is 5.95. The minimum atomic E-state index is -2.57. The van der Waals surface area contributed by atoms with Crippen molar-refractivity contribution >= 4 is 12.2 Å². The molecule has 0 aliphatic heterocycles. The molecule has 0 aromatic carbocycles. The number of hydrogen-bond donors (Lipinski definition) is 1. The molecule has 0 saturated heterocycles. The lowest BCUT2D eigenvalue weighted by atomic mass is 10.6. The summed E-state index contributed by atoms with van der Waals surface area (Å²) in [6, 6.07) is 0. The highest BCUT2D eigenvalue weighted by atomic mass is 32.1. The van der Waals surface area contributed by atoms with Crippen LogP contribution in [-0.4, -0.2) is 14.8 Å². The number of alkyl halides is 2. The van der Waals surface area contributed by atoms with E-state index in [1.165, 1.54) is 7.05 Å². The molecule has 0 aliphatic carbocycles. The maximum atomic E-state index is 11.9. The molecule has 0 fully saturated rings. The smallest absolute Gasteiger partial charge is 0.297 e. The van der Waals surface area contributed by atoms with Crippen molar-refractivity contribution in [3.63, 3.8) is 0 Å². The normalized spacial score (nSPS) is 10.8. The van der Waals surface area contributed by atoms with Crippen LogP contribution in [0.25, 0.3) is 0 Å². The van der Waals surface area contributed by atoms with Gasteiger partial charge in [0.05, 0.1) is 0 Å². The lowest BCUT2D eigenvalue weighted by Crippen LogP contribution is -1.97. The van der Waals surface area contributed by atoms with Crippen LogP contribution in [0, 0.1) is 4.77 Å². The third-order valence-electron chi connectivity index (χ3n) is 1.11. The second-order valence-corrected chi connectivity index (χ2v) is 2.13. The second kappa shape index (κ2) is 2.45. The Morgan fingerprint density at radius 3 is 2.50 bits per heavy atom. The van der Waals surface area contributed by atoms with Crippen LogP contribution < -0.4 is 0 Å². The van der Waals surface area contributed by atoms with Gasteiger partial charge in [0.15, 0.2) is 10.6 Å². The number of halogens is 2. The Bertz CT molecular complexity index is 276. The Morgan fingerprint density at radius 2 is 2.30 bits per heavy atom. The zero-order chi connectivity index (χ0) is 7.72. The summed E-state index contributed by atoms with van der Waals surface area (Å²) in [5, 5.41) is 5.56. The van der Waals surface area contributed by atoms with Crippen LogP contribution in [0.2, 0.25) is 0 Å². The fraction of sp³-hybridized carbons (Fsp3) is 0.500. The number of aromatic nitrogens is 3. The number of aromatic amines is 1. The van der Waals surface area contributed by atoms with Crippen LogP contribution in [0.3, 0.4) is 0 Å². The van der Waals surface area contributed by atoms with Crippen molar-refractivity contribution in [1.29, 1.82) is 0 Å². The number of H-pyrrole nitrogens is 1. The standard InChI is InChI=1S/C4H5F2N3S/c1-9-3(2(5)6)7-8-4(9)10/h2H,1H3,(H,8,10). The molecule has 0 spiro atoms. The molecule has 1 rings (SSSR count). The fourth-order valence-corrected chi connectivity index (χ4v) is 0.693. The average molecular weight is 165 g/mol. The van der Waals surface area contributed by atoms with E-state index in [4.69, 9.17) is 0 Å². The average Bonchev–Trinajstić information content (AvgIpc) is 2.14. The monoisotopic (exact) mass is 165 g/mol. The van der Waals surface area contributed by atoms with E-state index in [2.05, 4.69) is 22.4 Å². The lowest BCUT2D eigenvalue weighted by molar-refractivity contribution is 0.136. The molecule has 1 heterocycles. The molecule has 0 bridgehead atoms. The molecule has 0 unspecified atom stereocenters. The first kappa shape index (κ1) is 7.33. The summed E-state index contributed by atoms with van der Waals surface area (Å²) in [4.78, 5) is 0. The molecule has 6 heteroatoms. The molecule has 56 valence electrons. The molecule has 1 aromatic rings. The van der Waals surface area contributed by atoms with Gasteiger partial charge in [0.25, 0.3) is 6.43 Å². The summed E-state index contributed by atoms with van der Waals surface area (Å²) < 4.78 is 25.1. The van der Waals surface area contributed by atoms with E-state index in [-0.39, 0.29) is 10.6 Å². The van der Waals surface area contributed by atoms with E-state index in [1.54, 1.807) is 0 Å². The molecule has 1 aromatic heterocycles. The SMILES string of the molecule is Cn1c(C(F)F)n[nH]c1=S. The predicted octanol–water partition coefficient (Wildman–Crippen LogP) is 1.42. The maximum Gasteiger partial charge on any atom is 0.297 e. The van der Waals surface area contributed by atoms with Crippen molar-refractivity contribution in [2.45, 2.75) is 6.43 Å². The van der Waals surface area contributed by atoms with Crippen LogP contribution in [-0.2, 0) is 7.05 Å². The van der Waals surface area contributed by atoms with Gasteiger partial charge < -0.3 is 4.57 Å². The van der Waals surface area contributed by atoms with Gasteiger partial charge in [0, 0.05) is 7.05 Å². The highest BCUT2D eigenvalue weighted by molar-refractivity contribution is 7.71. The van der Waals surface area contributed by atoms with Crippen molar-refractivity contribution in [2.75, 3.05) is 0 Å². The van der Waals surface area contributed by atoms with Gasteiger partial charge in [-0.3, -0.25) is 5.10 Å². The number of hydrogen-bond acceptors (Lipinski definition) is 2. The van der Waals surface area contributed by atoms with E-state index in [9.17, 15) is 8.78 Å². The minimum Gasteiger partial charge on any atom is -0.302 e. The molecular formula is C4H5F2N3S. The summed E-state index contributed by atoms with van der Waals surface area (Å²) in [7, 11) is 1.44. The van der Waals surface area contributed by atoms with Crippen molar-refractivity contribution in [3.05, 3.63) is 10.6 Å². The number of nitrogens with zero attached hydrogens (tertiary/aromatic N) is 2. The minimum absolute atomic E-state index is 0.204. The van der Waals surface area contributed by atoms with Gasteiger partial charge in [-0.15, -0.1) is 0 Å². The highest BCUT2D eigenvalue weighted by Crippen LogP contribution is 2.14. The molecule has 10 heavy (non-hydrogen) atoms. The Kier molecular flexibility index (Phi) is 1.80. The lowest BCUT2D eigenvalue weighted by Gasteiger charge is -1.94. The summed E-state index contributed by atoms with van der Waals surface area (Å²) in [5.41, 5.74) is 0. The summed E-state index contributed by atoms with van der Waals surface area (Å²) in [6.45, 7) is 0. The Labute approximate surface area is 60.7 Å². The van der Waals surface area contributed by atoms with Crippen molar-refractivity contribution in [3.8, 4) is 0 Å². The molecule has 0 atom stereocenters. The van der Waals surface area contributed by atoms with Gasteiger partial charge in [0.1, 0.15) is 0 Å². The summed E-state index contributed by atoms with van der Waals surface area (Å²) in [5.74, 6) is -0.329. The molecule has 1 N–H and O–H groups in total. The Balaban J connectivity index is 3.18. The van der Waals surface area contributed by atoms with Gasteiger partial charge >= 0.3 is 0 Å². The molecule has 0 saturated carbocycles. The molecule has 0 aliphatic rings. The third-order valence-corrected chi connectivity index (χ3v) is 1.47. The van der Waals surface area contributed by atoms with Gasteiger partial charge in [-0.2, -0.15) is 5.10 Å².